The van der Waals surface area contributed by atoms with E-state index in [0.717, 1.165) is 0 Å². The summed E-state index contributed by atoms with van der Waals surface area (Å²) >= 11 is 6.08. The molecule has 1 aromatic carbocycles. The molecule has 128 valence electrons. The number of hydrogen-bond donors (Lipinski definition) is 1. The Balaban J connectivity index is 2.28. The lowest BCUT2D eigenvalue weighted by Crippen LogP contribution is -2.40. The fraction of sp³-hybridized carbons (Fsp3) is 0.533. The van der Waals surface area contributed by atoms with Crippen molar-refractivity contribution < 1.29 is 17.9 Å². The summed E-state index contributed by atoms with van der Waals surface area (Å²) in [5.74, 6) is -0.297. The van der Waals surface area contributed by atoms with Crippen LogP contribution in [-0.4, -0.2) is 44.9 Å². The number of nitrogens with zero attached hydrogens (tertiary/aromatic N) is 1. The molecule has 0 bridgehead atoms. The number of morpholine rings is 1. The lowest BCUT2D eigenvalue weighted by Gasteiger charge is -2.26. The van der Waals surface area contributed by atoms with Gasteiger partial charge in [-0.15, -0.1) is 0 Å². The maximum Gasteiger partial charge on any atom is 0.244 e. The number of ether oxygens (including phenoxy) is 1. The second-order valence-electron chi connectivity index (χ2n) is 5.46. The summed E-state index contributed by atoms with van der Waals surface area (Å²) in [4.78, 5) is 12.0. The van der Waals surface area contributed by atoms with Crippen molar-refractivity contribution in [2.75, 3.05) is 31.6 Å². The highest BCUT2D eigenvalue weighted by Gasteiger charge is 2.28. The molecule has 1 atom stereocenters. The van der Waals surface area contributed by atoms with E-state index in [1.165, 1.54) is 16.4 Å². The SMILES string of the molecule is CCC(C)C(=O)Nc1ccc(Cl)c(S(=O)(=O)N2CCOCC2)c1. The number of sulfonamides is 1. The number of hydrogen-bond acceptors (Lipinski definition) is 4. The van der Waals surface area contributed by atoms with E-state index in [1.807, 2.05) is 13.8 Å². The van der Waals surface area contributed by atoms with Crippen LogP contribution in [0.15, 0.2) is 23.1 Å². The smallest absolute Gasteiger partial charge is 0.244 e. The normalized spacial score (nSPS) is 17.7. The summed E-state index contributed by atoms with van der Waals surface area (Å²) in [6.07, 6.45) is 0.707. The predicted molar refractivity (Wildman–Crippen MR) is 89.1 cm³/mol. The van der Waals surface area contributed by atoms with Crippen LogP contribution in [0.2, 0.25) is 5.02 Å². The predicted octanol–water partition coefficient (Wildman–Crippen LogP) is 2.35. The van der Waals surface area contributed by atoms with E-state index in [0.29, 0.717) is 38.4 Å². The quantitative estimate of drug-likeness (QED) is 0.874. The maximum absolute atomic E-state index is 12.7. The molecule has 0 aliphatic carbocycles. The minimum atomic E-state index is -3.71. The molecular formula is C15H21ClN2O4S. The first kappa shape index (κ1) is 18.2. The molecule has 1 unspecified atom stereocenters. The van der Waals surface area contributed by atoms with Crippen LogP contribution in [0, 0.1) is 5.92 Å². The van der Waals surface area contributed by atoms with Gasteiger partial charge in [-0.2, -0.15) is 4.31 Å². The maximum atomic E-state index is 12.7. The molecule has 1 aromatic rings. The number of rotatable bonds is 5. The van der Waals surface area contributed by atoms with Crippen LogP contribution in [0.5, 0.6) is 0 Å². The number of carbonyl (C=O) groups is 1. The zero-order chi connectivity index (χ0) is 17.0. The van der Waals surface area contributed by atoms with Crippen molar-refractivity contribution in [3.63, 3.8) is 0 Å². The van der Waals surface area contributed by atoms with Gasteiger partial charge >= 0.3 is 0 Å². The fourth-order valence-electron chi connectivity index (χ4n) is 2.16. The summed E-state index contributed by atoms with van der Waals surface area (Å²) in [6, 6.07) is 4.50. The summed E-state index contributed by atoms with van der Waals surface area (Å²) < 4.78 is 31.9. The first-order valence-electron chi connectivity index (χ1n) is 7.54. The van der Waals surface area contributed by atoms with Crippen molar-refractivity contribution in [2.24, 2.45) is 5.92 Å². The third-order valence-corrected chi connectivity index (χ3v) is 6.23. The summed E-state index contributed by atoms with van der Waals surface area (Å²) in [6.45, 7) is 5.05. The zero-order valence-electron chi connectivity index (χ0n) is 13.2. The monoisotopic (exact) mass is 360 g/mol. The van der Waals surface area contributed by atoms with Crippen molar-refractivity contribution in [2.45, 2.75) is 25.2 Å². The molecule has 1 saturated heterocycles. The Morgan fingerprint density at radius 3 is 2.65 bits per heavy atom. The third-order valence-electron chi connectivity index (χ3n) is 3.85. The van der Waals surface area contributed by atoms with Gasteiger partial charge in [-0.05, 0) is 24.6 Å². The number of nitrogens with one attached hydrogen (secondary N) is 1. The molecule has 2 rings (SSSR count). The van der Waals surface area contributed by atoms with Crippen LogP contribution in [0.3, 0.4) is 0 Å². The van der Waals surface area contributed by atoms with Crippen molar-refractivity contribution in [1.82, 2.24) is 4.31 Å². The highest BCUT2D eigenvalue weighted by molar-refractivity contribution is 7.89. The van der Waals surface area contributed by atoms with Gasteiger partial charge in [0.05, 0.1) is 18.2 Å². The molecule has 0 spiro atoms. The van der Waals surface area contributed by atoms with Crippen molar-refractivity contribution in [3.05, 3.63) is 23.2 Å². The van der Waals surface area contributed by atoms with Gasteiger partial charge in [0.25, 0.3) is 0 Å². The van der Waals surface area contributed by atoms with Crippen LogP contribution in [0.4, 0.5) is 5.69 Å². The Morgan fingerprint density at radius 1 is 1.39 bits per heavy atom. The van der Waals surface area contributed by atoms with Gasteiger partial charge in [-0.25, -0.2) is 8.42 Å². The molecule has 1 fully saturated rings. The van der Waals surface area contributed by atoms with Gasteiger partial charge in [0.2, 0.25) is 15.9 Å². The Kier molecular flexibility index (Phi) is 6.02. The first-order valence-corrected chi connectivity index (χ1v) is 9.36. The van der Waals surface area contributed by atoms with Gasteiger partial charge in [0.15, 0.2) is 0 Å². The van der Waals surface area contributed by atoms with E-state index in [1.54, 1.807) is 6.07 Å². The van der Waals surface area contributed by atoms with Gasteiger partial charge in [-0.3, -0.25) is 4.79 Å². The van der Waals surface area contributed by atoms with Crippen LogP contribution in [0.1, 0.15) is 20.3 Å². The van der Waals surface area contributed by atoms with Gasteiger partial charge in [0.1, 0.15) is 4.90 Å². The van der Waals surface area contributed by atoms with Gasteiger partial charge in [-0.1, -0.05) is 25.4 Å². The topological polar surface area (TPSA) is 75.7 Å². The third kappa shape index (κ3) is 4.23. The number of benzene rings is 1. The lowest BCUT2D eigenvalue weighted by atomic mass is 10.1. The standard InChI is InChI=1S/C15H21ClN2O4S/c1-3-11(2)15(19)17-12-4-5-13(16)14(10-12)23(20,21)18-6-8-22-9-7-18/h4-5,10-11H,3,6-9H2,1-2H3,(H,17,19). The molecule has 1 heterocycles. The van der Waals surface area contributed by atoms with Crippen LogP contribution < -0.4 is 5.32 Å². The Hall–Kier alpha value is -1.15. The average Bonchev–Trinajstić information content (AvgIpc) is 2.56. The summed E-state index contributed by atoms with van der Waals surface area (Å²) in [7, 11) is -3.71. The largest absolute Gasteiger partial charge is 0.379 e. The van der Waals surface area contributed by atoms with E-state index in [2.05, 4.69) is 5.32 Å². The molecule has 1 amide bonds. The number of carbonyl (C=O) groups excluding carboxylic acids is 1. The highest BCUT2D eigenvalue weighted by Crippen LogP contribution is 2.28. The van der Waals surface area contributed by atoms with Crippen LogP contribution >= 0.6 is 11.6 Å². The second-order valence-corrected chi connectivity index (χ2v) is 7.77. The van der Waals surface area contributed by atoms with Crippen LogP contribution in [-0.2, 0) is 19.6 Å². The molecular weight excluding hydrogens is 340 g/mol. The molecule has 0 radical (unpaired) electrons. The molecule has 0 aromatic heterocycles. The number of amides is 1. The van der Waals surface area contributed by atoms with E-state index < -0.39 is 10.0 Å². The van der Waals surface area contributed by atoms with E-state index >= 15 is 0 Å². The van der Waals surface area contributed by atoms with E-state index in [4.69, 9.17) is 16.3 Å². The van der Waals surface area contributed by atoms with Crippen molar-refractivity contribution >= 4 is 33.2 Å². The van der Waals surface area contributed by atoms with E-state index in [-0.39, 0.29) is 21.7 Å². The minimum Gasteiger partial charge on any atom is -0.379 e. The Bertz CT molecular complexity index is 672. The molecule has 8 heteroatoms. The minimum absolute atomic E-state index is 0.00279. The lowest BCUT2D eigenvalue weighted by molar-refractivity contribution is -0.119. The molecule has 1 N–H and O–H groups in total. The first-order chi connectivity index (χ1) is 10.9. The molecule has 0 saturated carbocycles. The van der Waals surface area contributed by atoms with Crippen molar-refractivity contribution in [3.8, 4) is 0 Å². The van der Waals surface area contributed by atoms with Crippen molar-refractivity contribution in [1.29, 1.82) is 0 Å². The number of anilines is 1. The highest BCUT2D eigenvalue weighted by atomic mass is 35.5. The van der Waals surface area contributed by atoms with Gasteiger partial charge < -0.3 is 10.1 Å². The zero-order valence-corrected chi connectivity index (χ0v) is 14.8. The summed E-state index contributed by atoms with van der Waals surface area (Å²) in [5, 5.41) is 2.87. The molecule has 23 heavy (non-hydrogen) atoms. The van der Waals surface area contributed by atoms with Gasteiger partial charge in [0, 0.05) is 24.7 Å². The second kappa shape index (κ2) is 7.61. The number of halogens is 1. The average molecular weight is 361 g/mol. The van der Waals surface area contributed by atoms with E-state index in [9.17, 15) is 13.2 Å². The summed E-state index contributed by atoms with van der Waals surface area (Å²) in [5.41, 5.74) is 0.423. The molecule has 6 nitrogen and oxygen atoms in total. The molecule has 1 aliphatic heterocycles. The van der Waals surface area contributed by atoms with Crippen LogP contribution in [0.25, 0.3) is 0 Å². The fourth-order valence-corrected chi connectivity index (χ4v) is 4.06. The molecule has 1 aliphatic rings. The Morgan fingerprint density at radius 2 is 2.04 bits per heavy atom. The Labute approximate surface area is 141 Å².